The maximum absolute atomic E-state index is 12.7. The average Bonchev–Trinajstić information content (AvgIpc) is 2.21. The molecule has 0 unspecified atom stereocenters. The first-order valence-corrected chi connectivity index (χ1v) is 4.29. The predicted octanol–water partition coefficient (Wildman–Crippen LogP) is 1.08. The van der Waals surface area contributed by atoms with Crippen LogP contribution in [0.2, 0.25) is 0 Å². The Balaban J connectivity index is 0.000000396. The van der Waals surface area contributed by atoms with E-state index in [1.807, 2.05) is 6.07 Å². The zero-order chi connectivity index (χ0) is 9.68. The Morgan fingerprint density at radius 2 is 2.08 bits per heavy atom. The van der Waals surface area contributed by atoms with Crippen LogP contribution in [0.1, 0.15) is 11.1 Å². The highest BCUT2D eigenvalue weighted by molar-refractivity contribution is 5.29. The molecule has 0 spiro atoms. The lowest BCUT2D eigenvalue weighted by Crippen LogP contribution is -2.23. The van der Waals surface area contributed by atoms with Crippen LogP contribution in [-0.2, 0) is 13.0 Å². The monoisotopic (exact) mass is 183 g/mol. The molecule has 1 aliphatic rings. The highest BCUT2D eigenvalue weighted by atomic mass is 19.1. The number of fused-ring (bicyclic) bond motifs is 1. The third kappa shape index (κ3) is 2.50. The molecule has 1 aromatic carbocycles. The van der Waals surface area contributed by atoms with Crippen LogP contribution >= 0.6 is 0 Å². The van der Waals surface area contributed by atoms with Gasteiger partial charge in [-0.15, -0.1) is 0 Å². The minimum atomic E-state index is -0.132. The fourth-order valence-electron chi connectivity index (χ4n) is 1.45. The number of aliphatic hydroxyl groups is 1. The molecule has 13 heavy (non-hydrogen) atoms. The Bertz CT molecular complexity index is 276. The second kappa shape index (κ2) is 4.94. The zero-order valence-corrected chi connectivity index (χ0v) is 7.68. The van der Waals surface area contributed by atoms with Gasteiger partial charge >= 0.3 is 0 Å². The topological polar surface area (TPSA) is 32.3 Å². The van der Waals surface area contributed by atoms with Gasteiger partial charge in [0.25, 0.3) is 0 Å². The molecule has 2 nitrogen and oxygen atoms in total. The highest BCUT2D eigenvalue weighted by Gasteiger charge is 2.07. The molecule has 1 aliphatic heterocycles. The van der Waals surface area contributed by atoms with Crippen LogP contribution in [0.3, 0.4) is 0 Å². The SMILES string of the molecule is CO.Fc1ccc2c(c1)CNCC2. The van der Waals surface area contributed by atoms with Crippen molar-refractivity contribution in [1.82, 2.24) is 5.32 Å². The molecule has 0 saturated carbocycles. The first kappa shape index (κ1) is 10.2. The van der Waals surface area contributed by atoms with Crippen molar-refractivity contribution in [2.24, 2.45) is 0 Å². The summed E-state index contributed by atoms with van der Waals surface area (Å²) in [5.74, 6) is -0.132. The summed E-state index contributed by atoms with van der Waals surface area (Å²) < 4.78 is 12.7. The van der Waals surface area contributed by atoms with Crippen molar-refractivity contribution < 1.29 is 9.50 Å². The van der Waals surface area contributed by atoms with Gasteiger partial charge in [0.15, 0.2) is 0 Å². The van der Waals surface area contributed by atoms with Crippen molar-refractivity contribution in [3.8, 4) is 0 Å². The molecular weight excluding hydrogens is 169 g/mol. The van der Waals surface area contributed by atoms with E-state index >= 15 is 0 Å². The zero-order valence-electron chi connectivity index (χ0n) is 7.68. The Hall–Kier alpha value is -0.930. The van der Waals surface area contributed by atoms with Crippen molar-refractivity contribution in [3.05, 3.63) is 35.1 Å². The molecule has 0 aliphatic carbocycles. The lowest BCUT2D eigenvalue weighted by molar-refractivity contribution is 0.399. The van der Waals surface area contributed by atoms with E-state index in [1.54, 1.807) is 6.07 Å². The second-order valence-corrected chi connectivity index (χ2v) is 2.84. The maximum Gasteiger partial charge on any atom is 0.123 e. The van der Waals surface area contributed by atoms with E-state index in [0.717, 1.165) is 32.2 Å². The first-order valence-electron chi connectivity index (χ1n) is 4.29. The molecule has 0 aromatic heterocycles. The van der Waals surface area contributed by atoms with Crippen molar-refractivity contribution >= 4 is 0 Å². The number of nitrogens with one attached hydrogen (secondary N) is 1. The first-order chi connectivity index (χ1) is 6.36. The normalized spacial score (nSPS) is 14.1. The fraction of sp³-hybridized carbons (Fsp3) is 0.400. The summed E-state index contributed by atoms with van der Waals surface area (Å²) in [5.41, 5.74) is 2.39. The molecule has 2 rings (SSSR count). The van der Waals surface area contributed by atoms with Gasteiger partial charge < -0.3 is 10.4 Å². The van der Waals surface area contributed by atoms with Gasteiger partial charge in [-0.3, -0.25) is 0 Å². The predicted molar refractivity (Wildman–Crippen MR) is 50.0 cm³/mol. The summed E-state index contributed by atoms with van der Waals surface area (Å²) in [4.78, 5) is 0. The summed E-state index contributed by atoms with van der Waals surface area (Å²) >= 11 is 0. The summed E-state index contributed by atoms with van der Waals surface area (Å²) in [5, 5.41) is 10.2. The van der Waals surface area contributed by atoms with Crippen molar-refractivity contribution in [2.45, 2.75) is 13.0 Å². The van der Waals surface area contributed by atoms with Gasteiger partial charge in [-0.05, 0) is 36.2 Å². The average molecular weight is 183 g/mol. The van der Waals surface area contributed by atoms with E-state index in [4.69, 9.17) is 5.11 Å². The molecule has 1 aromatic rings. The number of benzene rings is 1. The van der Waals surface area contributed by atoms with Crippen molar-refractivity contribution in [3.63, 3.8) is 0 Å². The molecule has 0 atom stereocenters. The molecule has 2 N–H and O–H groups in total. The van der Waals surface area contributed by atoms with Gasteiger partial charge in [0.1, 0.15) is 5.82 Å². The van der Waals surface area contributed by atoms with Gasteiger partial charge in [-0.1, -0.05) is 6.07 Å². The highest BCUT2D eigenvalue weighted by Crippen LogP contribution is 2.14. The summed E-state index contributed by atoms with van der Waals surface area (Å²) in [6.45, 7) is 1.83. The Kier molecular flexibility index (Phi) is 3.86. The van der Waals surface area contributed by atoms with E-state index in [9.17, 15) is 4.39 Å². The van der Waals surface area contributed by atoms with E-state index in [-0.39, 0.29) is 5.82 Å². The van der Waals surface area contributed by atoms with Crippen LogP contribution in [0.4, 0.5) is 4.39 Å². The molecule has 0 radical (unpaired) electrons. The summed E-state index contributed by atoms with van der Waals surface area (Å²) in [6.07, 6.45) is 1.02. The van der Waals surface area contributed by atoms with Crippen LogP contribution in [0, 0.1) is 5.82 Å². The van der Waals surface area contributed by atoms with E-state index in [2.05, 4.69) is 5.32 Å². The van der Waals surface area contributed by atoms with Gasteiger partial charge in [-0.2, -0.15) is 0 Å². The number of rotatable bonds is 0. The number of hydrogen-bond acceptors (Lipinski definition) is 2. The summed E-state index contributed by atoms with van der Waals surface area (Å²) in [6, 6.07) is 5.02. The fourth-order valence-corrected chi connectivity index (χ4v) is 1.45. The lowest BCUT2D eigenvalue weighted by atomic mass is 10.0. The van der Waals surface area contributed by atoms with Crippen LogP contribution in [0.5, 0.6) is 0 Å². The van der Waals surface area contributed by atoms with E-state index in [0.29, 0.717) is 0 Å². The number of hydrogen-bond donors (Lipinski definition) is 2. The third-order valence-electron chi connectivity index (χ3n) is 2.05. The van der Waals surface area contributed by atoms with E-state index in [1.165, 1.54) is 11.6 Å². The standard InChI is InChI=1S/C9H10FN.CH4O/c10-9-2-1-7-3-4-11-6-8(7)5-9;1-2/h1-2,5,11H,3-4,6H2;2H,1H3. The number of aliphatic hydroxyl groups excluding tert-OH is 1. The largest absolute Gasteiger partial charge is 0.400 e. The van der Waals surface area contributed by atoms with Gasteiger partial charge in [-0.25, -0.2) is 4.39 Å². The van der Waals surface area contributed by atoms with Crippen molar-refractivity contribution in [1.29, 1.82) is 0 Å². The Morgan fingerprint density at radius 1 is 1.31 bits per heavy atom. The molecule has 1 heterocycles. The lowest BCUT2D eigenvalue weighted by Gasteiger charge is -2.16. The Morgan fingerprint density at radius 3 is 2.85 bits per heavy atom. The third-order valence-corrected chi connectivity index (χ3v) is 2.05. The molecule has 0 amide bonds. The smallest absolute Gasteiger partial charge is 0.123 e. The van der Waals surface area contributed by atoms with Crippen LogP contribution < -0.4 is 5.32 Å². The van der Waals surface area contributed by atoms with E-state index < -0.39 is 0 Å². The maximum atomic E-state index is 12.7. The quantitative estimate of drug-likeness (QED) is 0.631. The molecule has 0 fully saturated rings. The van der Waals surface area contributed by atoms with Crippen molar-refractivity contribution in [2.75, 3.05) is 13.7 Å². The van der Waals surface area contributed by atoms with Gasteiger partial charge in [0.2, 0.25) is 0 Å². The second-order valence-electron chi connectivity index (χ2n) is 2.84. The molecule has 3 heteroatoms. The molecule has 0 bridgehead atoms. The number of halogens is 1. The molecular formula is C10H14FNO. The van der Waals surface area contributed by atoms with Gasteiger partial charge in [0, 0.05) is 13.7 Å². The Labute approximate surface area is 77.4 Å². The molecule has 0 saturated heterocycles. The van der Waals surface area contributed by atoms with Crippen LogP contribution in [0.25, 0.3) is 0 Å². The minimum Gasteiger partial charge on any atom is -0.400 e. The molecule has 72 valence electrons. The van der Waals surface area contributed by atoms with Gasteiger partial charge in [0.05, 0.1) is 0 Å². The minimum absolute atomic E-state index is 0.132. The van der Waals surface area contributed by atoms with Crippen LogP contribution in [-0.4, -0.2) is 18.8 Å². The van der Waals surface area contributed by atoms with Crippen LogP contribution in [0.15, 0.2) is 18.2 Å². The summed E-state index contributed by atoms with van der Waals surface area (Å²) in [7, 11) is 1.00.